The van der Waals surface area contributed by atoms with Crippen LogP contribution in [0.4, 0.5) is 5.69 Å². The summed E-state index contributed by atoms with van der Waals surface area (Å²) in [6, 6.07) is 11.9. The van der Waals surface area contributed by atoms with Crippen LogP contribution in [0.1, 0.15) is 23.6 Å². The summed E-state index contributed by atoms with van der Waals surface area (Å²) >= 11 is 5.24. The second-order valence-corrected chi connectivity index (χ2v) is 7.23. The fourth-order valence-electron chi connectivity index (χ4n) is 2.92. The number of anilines is 1. The lowest BCUT2D eigenvalue weighted by atomic mass is 10.0. The zero-order valence-corrected chi connectivity index (χ0v) is 17.4. The summed E-state index contributed by atoms with van der Waals surface area (Å²) in [5.41, 5.74) is 3.02. The topological polar surface area (TPSA) is 95.9 Å². The fourth-order valence-corrected chi connectivity index (χ4v) is 3.19. The van der Waals surface area contributed by atoms with Crippen LogP contribution in [0, 0.1) is 13.8 Å². The van der Waals surface area contributed by atoms with Crippen molar-refractivity contribution in [3.8, 4) is 5.75 Å². The molecular formula is C22H20N2O5S. The van der Waals surface area contributed by atoms with E-state index in [0.717, 1.165) is 11.1 Å². The smallest absolute Gasteiger partial charge is 0.344 e. The average molecular weight is 424 g/mol. The highest BCUT2D eigenvalue weighted by molar-refractivity contribution is 7.80. The average Bonchev–Trinajstić information content (AvgIpc) is 2.69. The van der Waals surface area contributed by atoms with Crippen LogP contribution >= 0.6 is 12.2 Å². The maximum absolute atomic E-state index is 13.1. The number of carbonyl (C=O) groups is 3. The fraction of sp³-hybridized carbons (Fsp3) is 0.182. The Morgan fingerprint density at radius 3 is 2.47 bits per heavy atom. The third-order valence-electron chi connectivity index (χ3n) is 4.77. The molecule has 0 aliphatic carbocycles. The number of hydrogen-bond acceptors (Lipinski definition) is 5. The number of carboxylic acids is 1. The molecule has 3 rings (SSSR count). The molecule has 0 aromatic heterocycles. The summed E-state index contributed by atoms with van der Waals surface area (Å²) in [5, 5.41) is 11.5. The highest BCUT2D eigenvalue weighted by atomic mass is 32.1. The molecule has 1 fully saturated rings. The van der Waals surface area contributed by atoms with E-state index >= 15 is 0 Å². The number of ether oxygens (including phenoxy) is 1. The number of aryl methyl sites for hydroxylation is 1. The molecule has 0 bridgehead atoms. The van der Waals surface area contributed by atoms with Crippen LogP contribution in [0.25, 0.3) is 6.08 Å². The van der Waals surface area contributed by atoms with Gasteiger partial charge in [-0.3, -0.25) is 19.8 Å². The molecule has 0 saturated carbocycles. The Morgan fingerprint density at radius 1 is 1.17 bits per heavy atom. The quantitative estimate of drug-likeness (QED) is 0.435. The Kier molecular flexibility index (Phi) is 5.98. The lowest BCUT2D eigenvalue weighted by Crippen LogP contribution is -2.54. The first-order valence-electron chi connectivity index (χ1n) is 9.16. The summed E-state index contributed by atoms with van der Waals surface area (Å²) in [6.07, 6.45) is 0.467. The molecule has 0 radical (unpaired) electrons. The summed E-state index contributed by atoms with van der Waals surface area (Å²) in [7, 11) is 0. The lowest BCUT2D eigenvalue weighted by molar-refractivity contribution is -0.144. The van der Waals surface area contributed by atoms with Gasteiger partial charge >= 0.3 is 5.97 Å². The molecule has 1 aliphatic rings. The van der Waals surface area contributed by atoms with Crippen molar-refractivity contribution in [3.05, 3.63) is 64.7 Å². The molecule has 154 valence electrons. The molecule has 0 spiro atoms. The standard InChI is InChI=1S/C22H20N2O5S/c1-12-5-4-6-18(13(12)2)24-20(26)17(19(25)23-22(24)30)11-15-7-9-16(10-8-15)29-14(3)21(27)28/h4-11,14H,1-3H3,(H,27,28)(H,23,25,30)/b17-11+/t14-/m1/s1. The highest BCUT2D eigenvalue weighted by Crippen LogP contribution is 2.27. The van der Waals surface area contributed by atoms with Gasteiger partial charge in [-0.25, -0.2) is 4.79 Å². The highest BCUT2D eigenvalue weighted by Gasteiger charge is 2.35. The molecule has 0 unspecified atom stereocenters. The van der Waals surface area contributed by atoms with Crippen LogP contribution in [0.3, 0.4) is 0 Å². The van der Waals surface area contributed by atoms with E-state index < -0.39 is 23.9 Å². The van der Waals surface area contributed by atoms with Gasteiger partial charge in [-0.15, -0.1) is 0 Å². The first-order valence-corrected chi connectivity index (χ1v) is 9.57. The number of nitrogens with one attached hydrogen (secondary N) is 1. The number of carboxylic acid groups (broad SMARTS) is 1. The van der Waals surface area contributed by atoms with Gasteiger partial charge in [-0.2, -0.15) is 0 Å². The monoisotopic (exact) mass is 424 g/mol. The van der Waals surface area contributed by atoms with Gasteiger partial charge in [0.1, 0.15) is 11.3 Å². The van der Waals surface area contributed by atoms with Crippen molar-refractivity contribution in [2.45, 2.75) is 26.9 Å². The summed E-state index contributed by atoms with van der Waals surface area (Å²) in [4.78, 5) is 37.8. The largest absolute Gasteiger partial charge is 0.479 e. The molecule has 7 nitrogen and oxygen atoms in total. The third-order valence-corrected chi connectivity index (χ3v) is 5.05. The zero-order valence-electron chi connectivity index (χ0n) is 16.6. The summed E-state index contributed by atoms with van der Waals surface area (Å²) in [6.45, 7) is 5.24. The Hall–Kier alpha value is -3.52. The van der Waals surface area contributed by atoms with Crippen LogP contribution in [0.15, 0.2) is 48.0 Å². The first-order chi connectivity index (χ1) is 14.2. The Labute approximate surface area is 179 Å². The Morgan fingerprint density at radius 2 is 1.83 bits per heavy atom. The second-order valence-electron chi connectivity index (χ2n) is 6.84. The molecule has 8 heteroatoms. The van der Waals surface area contributed by atoms with E-state index in [9.17, 15) is 14.4 Å². The van der Waals surface area contributed by atoms with E-state index in [4.69, 9.17) is 22.1 Å². The van der Waals surface area contributed by atoms with Gasteiger partial charge in [0.25, 0.3) is 11.8 Å². The van der Waals surface area contributed by atoms with Crippen molar-refractivity contribution >= 4 is 46.9 Å². The predicted molar refractivity (Wildman–Crippen MR) is 116 cm³/mol. The van der Waals surface area contributed by atoms with Crippen molar-refractivity contribution in [1.82, 2.24) is 5.32 Å². The van der Waals surface area contributed by atoms with Gasteiger partial charge in [0, 0.05) is 0 Å². The maximum Gasteiger partial charge on any atom is 0.344 e. The maximum atomic E-state index is 13.1. The van der Waals surface area contributed by atoms with E-state index in [0.29, 0.717) is 17.0 Å². The van der Waals surface area contributed by atoms with Crippen molar-refractivity contribution in [1.29, 1.82) is 0 Å². The number of aliphatic carboxylic acids is 1. The molecule has 30 heavy (non-hydrogen) atoms. The van der Waals surface area contributed by atoms with Crippen LogP contribution in [-0.4, -0.2) is 34.1 Å². The Balaban J connectivity index is 1.91. The van der Waals surface area contributed by atoms with Gasteiger partial charge in [0.2, 0.25) is 0 Å². The van der Waals surface area contributed by atoms with E-state index in [2.05, 4.69) is 5.32 Å². The minimum absolute atomic E-state index is 0.0299. The number of amides is 2. The van der Waals surface area contributed by atoms with E-state index in [1.54, 1.807) is 30.3 Å². The minimum atomic E-state index is -1.08. The number of carbonyl (C=O) groups excluding carboxylic acids is 2. The molecule has 2 N–H and O–H groups in total. The predicted octanol–water partition coefficient (Wildman–Crippen LogP) is 2.99. The molecule has 1 aliphatic heterocycles. The van der Waals surface area contributed by atoms with E-state index in [1.165, 1.54) is 17.9 Å². The van der Waals surface area contributed by atoms with Crippen LogP contribution in [0.2, 0.25) is 0 Å². The number of hydrogen-bond donors (Lipinski definition) is 2. The SMILES string of the molecule is Cc1cccc(N2C(=O)/C(=C/c3ccc(O[C@H](C)C(=O)O)cc3)C(=O)NC2=S)c1C. The van der Waals surface area contributed by atoms with Gasteiger partial charge in [-0.05, 0) is 74.0 Å². The molecule has 1 saturated heterocycles. The van der Waals surface area contributed by atoms with E-state index in [-0.39, 0.29) is 10.7 Å². The van der Waals surface area contributed by atoms with Gasteiger partial charge in [-0.1, -0.05) is 24.3 Å². The first kappa shape index (κ1) is 21.2. The molecule has 2 aromatic rings. The number of nitrogens with zero attached hydrogens (tertiary/aromatic N) is 1. The molecule has 1 heterocycles. The van der Waals surface area contributed by atoms with Crippen molar-refractivity contribution in [2.75, 3.05) is 4.90 Å². The molecular weight excluding hydrogens is 404 g/mol. The minimum Gasteiger partial charge on any atom is -0.479 e. The van der Waals surface area contributed by atoms with Gasteiger partial charge in [0.15, 0.2) is 11.2 Å². The van der Waals surface area contributed by atoms with Crippen LogP contribution < -0.4 is 15.0 Å². The lowest BCUT2D eigenvalue weighted by Gasteiger charge is -2.30. The van der Waals surface area contributed by atoms with Crippen molar-refractivity contribution in [3.63, 3.8) is 0 Å². The van der Waals surface area contributed by atoms with E-state index in [1.807, 2.05) is 26.0 Å². The van der Waals surface area contributed by atoms with Gasteiger partial charge in [0.05, 0.1) is 5.69 Å². The molecule has 1 atom stereocenters. The van der Waals surface area contributed by atoms with Crippen LogP contribution in [0.5, 0.6) is 5.75 Å². The third kappa shape index (κ3) is 4.23. The number of rotatable bonds is 5. The summed E-state index contributed by atoms with van der Waals surface area (Å²) < 4.78 is 5.28. The number of benzene rings is 2. The van der Waals surface area contributed by atoms with Crippen molar-refractivity contribution < 1.29 is 24.2 Å². The van der Waals surface area contributed by atoms with Crippen LogP contribution in [-0.2, 0) is 14.4 Å². The second kappa shape index (κ2) is 8.46. The Bertz CT molecular complexity index is 1080. The number of thiocarbonyl (C=S) groups is 1. The van der Waals surface area contributed by atoms with Gasteiger partial charge < -0.3 is 9.84 Å². The van der Waals surface area contributed by atoms with Crippen molar-refractivity contribution in [2.24, 2.45) is 0 Å². The molecule has 2 aromatic carbocycles. The normalized spacial score (nSPS) is 16.4. The molecule has 2 amide bonds. The summed E-state index contributed by atoms with van der Waals surface area (Å²) in [5.74, 6) is -1.80. The zero-order chi connectivity index (χ0) is 22.0.